The van der Waals surface area contributed by atoms with Crippen LogP contribution in [0.5, 0.6) is 0 Å². The van der Waals surface area contributed by atoms with Gasteiger partial charge in [-0.15, -0.1) is 0 Å². The van der Waals surface area contributed by atoms with Gasteiger partial charge in [-0.2, -0.15) is 0 Å². The van der Waals surface area contributed by atoms with Crippen LogP contribution in [0, 0.1) is 12.8 Å². The molecule has 0 aliphatic carbocycles. The molecule has 0 bridgehead atoms. The zero-order chi connectivity index (χ0) is 14.4. The highest BCUT2D eigenvalue weighted by molar-refractivity contribution is 5.55. The molecule has 3 heteroatoms. The van der Waals surface area contributed by atoms with E-state index >= 15 is 0 Å². The maximum Gasteiger partial charge on any atom is 0.0507 e. The third-order valence-electron chi connectivity index (χ3n) is 4.06. The summed E-state index contributed by atoms with van der Waals surface area (Å²) in [6.07, 6.45) is 2.56. The minimum atomic E-state index is 0.669. The second-order valence-corrected chi connectivity index (χ2v) is 5.82. The van der Waals surface area contributed by atoms with E-state index in [1.807, 2.05) is 0 Å². The minimum absolute atomic E-state index is 0.669. The van der Waals surface area contributed by atoms with Crippen molar-refractivity contribution in [3.8, 4) is 0 Å². The van der Waals surface area contributed by atoms with Crippen molar-refractivity contribution in [2.75, 3.05) is 38.3 Å². The van der Waals surface area contributed by atoms with E-state index in [0.717, 1.165) is 26.2 Å². The Morgan fingerprint density at radius 1 is 1.40 bits per heavy atom. The molecular weight excluding hydrogens is 248 g/mol. The normalized spacial score (nSPS) is 19.4. The molecule has 1 N–H and O–H groups in total. The van der Waals surface area contributed by atoms with Crippen LogP contribution in [0.1, 0.15) is 30.9 Å². The number of anilines is 1. The predicted octanol–water partition coefficient (Wildman–Crippen LogP) is 2.97. The molecule has 1 fully saturated rings. The molecule has 3 nitrogen and oxygen atoms in total. The van der Waals surface area contributed by atoms with E-state index in [0.29, 0.717) is 5.92 Å². The number of benzene rings is 1. The first-order valence-electron chi connectivity index (χ1n) is 7.78. The van der Waals surface area contributed by atoms with E-state index in [1.165, 1.54) is 36.2 Å². The Kier molecular flexibility index (Phi) is 5.86. The van der Waals surface area contributed by atoms with E-state index in [-0.39, 0.29) is 0 Å². The summed E-state index contributed by atoms with van der Waals surface area (Å²) in [7, 11) is 1.81. The van der Waals surface area contributed by atoms with Gasteiger partial charge in [-0.25, -0.2) is 0 Å². The molecule has 0 spiro atoms. The second kappa shape index (κ2) is 7.65. The standard InChI is InChI=1S/C17H28N2O/c1-4-18-11-16-10-14(2)7-8-17(16)19-9-5-6-15(12-19)13-20-3/h7-8,10,15,18H,4-6,9,11-13H2,1-3H3. The van der Waals surface area contributed by atoms with Crippen LogP contribution < -0.4 is 10.2 Å². The molecule has 1 heterocycles. The van der Waals surface area contributed by atoms with Crippen LogP contribution in [0.2, 0.25) is 0 Å². The number of hydrogen-bond donors (Lipinski definition) is 1. The van der Waals surface area contributed by atoms with Crippen LogP contribution in [-0.2, 0) is 11.3 Å². The van der Waals surface area contributed by atoms with Gasteiger partial charge in [0.15, 0.2) is 0 Å². The number of hydrogen-bond acceptors (Lipinski definition) is 3. The molecule has 1 aliphatic heterocycles. The van der Waals surface area contributed by atoms with Crippen molar-refractivity contribution in [3.05, 3.63) is 29.3 Å². The van der Waals surface area contributed by atoms with Crippen LogP contribution in [0.4, 0.5) is 5.69 Å². The summed E-state index contributed by atoms with van der Waals surface area (Å²) in [5.74, 6) is 0.669. The molecule has 1 saturated heterocycles. The third-order valence-corrected chi connectivity index (χ3v) is 4.06. The first-order chi connectivity index (χ1) is 9.74. The first kappa shape index (κ1) is 15.3. The number of nitrogens with zero attached hydrogens (tertiary/aromatic N) is 1. The maximum atomic E-state index is 5.34. The summed E-state index contributed by atoms with van der Waals surface area (Å²) in [5.41, 5.74) is 4.16. The number of aryl methyl sites for hydroxylation is 1. The van der Waals surface area contributed by atoms with Crippen molar-refractivity contribution < 1.29 is 4.74 Å². The van der Waals surface area contributed by atoms with Gasteiger partial charge in [0.25, 0.3) is 0 Å². The fourth-order valence-electron chi connectivity index (χ4n) is 3.08. The molecule has 0 radical (unpaired) electrons. The van der Waals surface area contributed by atoms with Crippen molar-refractivity contribution in [1.82, 2.24) is 5.32 Å². The molecule has 1 atom stereocenters. The zero-order valence-electron chi connectivity index (χ0n) is 13.1. The van der Waals surface area contributed by atoms with Gasteiger partial charge in [-0.1, -0.05) is 24.6 Å². The van der Waals surface area contributed by atoms with Crippen LogP contribution in [0.3, 0.4) is 0 Å². The fourth-order valence-corrected chi connectivity index (χ4v) is 3.08. The van der Waals surface area contributed by atoms with Crippen molar-refractivity contribution in [2.24, 2.45) is 5.92 Å². The van der Waals surface area contributed by atoms with Gasteiger partial charge >= 0.3 is 0 Å². The van der Waals surface area contributed by atoms with Crippen molar-refractivity contribution in [3.63, 3.8) is 0 Å². The van der Waals surface area contributed by atoms with Crippen molar-refractivity contribution in [1.29, 1.82) is 0 Å². The van der Waals surface area contributed by atoms with E-state index in [9.17, 15) is 0 Å². The lowest BCUT2D eigenvalue weighted by atomic mass is 9.97. The van der Waals surface area contributed by atoms with E-state index in [2.05, 4.69) is 42.3 Å². The summed E-state index contributed by atoms with van der Waals surface area (Å²) in [4.78, 5) is 2.54. The summed E-state index contributed by atoms with van der Waals surface area (Å²) < 4.78 is 5.34. The van der Waals surface area contributed by atoms with Crippen molar-refractivity contribution in [2.45, 2.75) is 33.2 Å². The van der Waals surface area contributed by atoms with Crippen molar-refractivity contribution >= 4 is 5.69 Å². The number of piperidine rings is 1. The number of ether oxygens (including phenoxy) is 1. The highest BCUT2D eigenvalue weighted by Crippen LogP contribution is 2.27. The number of rotatable bonds is 6. The third kappa shape index (κ3) is 3.97. The van der Waals surface area contributed by atoms with Gasteiger partial charge < -0.3 is 15.0 Å². The van der Waals surface area contributed by atoms with Crippen LogP contribution in [0.15, 0.2) is 18.2 Å². The molecule has 112 valence electrons. The molecule has 1 aromatic carbocycles. The first-order valence-corrected chi connectivity index (χ1v) is 7.78. The molecule has 0 aromatic heterocycles. The predicted molar refractivity (Wildman–Crippen MR) is 85.4 cm³/mol. The maximum absolute atomic E-state index is 5.34. The quantitative estimate of drug-likeness (QED) is 0.864. The molecule has 1 aromatic rings. The lowest BCUT2D eigenvalue weighted by Gasteiger charge is -2.35. The lowest BCUT2D eigenvalue weighted by molar-refractivity contribution is 0.143. The zero-order valence-corrected chi connectivity index (χ0v) is 13.1. The van der Waals surface area contributed by atoms with Crippen LogP contribution in [-0.4, -0.2) is 33.4 Å². The largest absolute Gasteiger partial charge is 0.384 e. The molecule has 20 heavy (non-hydrogen) atoms. The second-order valence-electron chi connectivity index (χ2n) is 5.82. The highest BCUT2D eigenvalue weighted by atomic mass is 16.5. The topological polar surface area (TPSA) is 24.5 Å². The highest BCUT2D eigenvalue weighted by Gasteiger charge is 2.21. The Balaban J connectivity index is 2.13. The smallest absolute Gasteiger partial charge is 0.0507 e. The van der Waals surface area contributed by atoms with Gasteiger partial charge in [0.2, 0.25) is 0 Å². The van der Waals surface area contributed by atoms with Gasteiger partial charge in [-0.05, 0) is 43.9 Å². The van der Waals surface area contributed by atoms with E-state index in [4.69, 9.17) is 4.74 Å². The van der Waals surface area contributed by atoms with Gasteiger partial charge in [-0.3, -0.25) is 0 Å². The van der Waals surface area contributed by atoms with Crippen LogP contribution in [0.25, 0.3) is 0 Å². The number of nitrogens with one attached hydrogen (secondary N) is 1. The summed E-state index contributed by atoms with van der Waals surface area (Å²) in [6, 6.07) is 6.83. The van der Waals surface area contributed by atoms with E-state index in [1.54, 1.807) is 7.11 Å². The Morgan fingerprint density at radius 3 is 3.00 bits per heavy atom. The minimum Gasteiger partial charge on any atom is -0.384 e. The van der Waals surface area contributed by atoms with Gasteiger partial charge in [0.05, 0.1) is 6.61 Å². The Bertz CT molecular complexity index is 417. The molecule has 1 aliphatic rings. The molecular formula is C17H28N2O. The summed E-state index contributed by atoms with van der Waals surface area (Å²) in [6.45, 7) is 9.47. The number of methoxy groups -OCH3 is 1. The molecule has 1 unspecified atom stereocenters. The molecule has 0 saturated carbocycles. The van der Waals surface area contributed by atoms with Crippen LogP contribution >= 0.6 is 0 Å². The van der Waals surface area contributed by atoms with Gasteiger partial charge in [0.1, 0.15) is 0 Å². The summed E-state index contributed by atoms with van der Waals surface area (Å²) in [5, 5.41) is 3.46. The lowest BCUT2D eigenvalue weighted by Crippen LogP contribution is -2.37. The Hall–Kier alpha value is -1.06. The molecule has 0 amide bonds. The SMILES string of the molecule is CCNCc1cc(C)ccc1N1CCCC(COC)C1. The Morgan fingerprint density at radius 2 is 2.25 bits per heavy atom. The van der Waals surface area contributed by atoms with E-state index < -0.39 is 0 Å². The van der Waals surface area contributed by atoms with Gasteiger partial charge in [0, 0.05) is 32.4 Å². The summed E-state index contributed by atoms with van der Waals surface area (Å²) >= 11 is 0. The average molecular weight is 276 g/mol. The Labute approximate surface area is 123 Å². The molecule has 2 rings (SSSR count). The fraction of sp³-hybridized carbons (Fsp3) is 0.647. The average Bonchev–Trinajstić information content (AvgIpc) is 2.46. The monoisotopic (exact) mass is 276 g/mol.